The number of hydrogen-bond acceptors (Lipinski definition) is 5. The van der Waals surface area contributed by atoms with Gasteiger partial charge in [-0.05, 0) is 74.4 Å². The van der Waals surface area contributed by atoms with Gasteiger partial charge < -0.3 is 14.8 Å². The van der Waals surface area contributed by atoms with Crippen LogP contribution in [0, 0.1) is 0 Å². The Morgan fingerprint density at radius 2 is 1.94 bits per heavy atom. The van der Waals surface area contributed by atoms with Crippen LogP contribution in [0.4, 0.5) is 0 Å². The molecule has 164 valence electrons. The molecule has 0 aliphatic heterocycles. The molecule has 0 aromatic heterocycles. The minimum absolute atomic E-state index is 0.402. The molecule has 1 aliphatic rings. The fourth-order valence-corrected chi connectivity index (χ4v) is 3.95. The van der Waals surface area contributed by atoms with Gasteiger partial charge in [-0.1, -0.05) is 35.2 Å². The zero-order valence-corrected chi connectivity index (χ0v) is 19.8. The predicted octanol–water partition coefficient (Wildman–Crippen LogP) is 5.20. The molecule has 0 bridgehead atoms. The number of carbonyl (C=O) groups is 1. The molecule has 0 atom stereocenters. The highest BCUT2D eigenvalue weighted by atomic mass is 79.9. The molecule has 1 fully saturated rings. The number of hydrogen-bond donors (Lipinski definition) is 2. The predicted molar refractivity (Wildman–Crippen MR) is 130 cm³/mol. The van der Waals surface area contributed by atoms with Crippen LogP contribution in [0.1, 0.15) is 54.9 Å². The van der Waals surface area contributed by atoms with Crippen LogP contribution in [-0.2, 0) is 0 Å². The topological polar surface area (TPSA) is 72.0 Å². The highest BCUT2D eigenvalue weighted by molar-refractivity contribution is 9.10. The fraction of sp³-hybridized carbons (Fsp3) is 0.348. The van der Waals surface area contributed by atoms with Crippen LogP contribution >= 0.6 is 28.1 Å². The lowest BCUT2D eigenvalue weighted by molar-refractivity contribution is 0.0734. The van der Waals surface area contributed by atoms with Crippen LogP contribution in [-0.4, -0.2) is 29.9 Å². The average Bonchev–Trinajstić information content (AvgIpc) is 2.77. The number of nitrogens with zero attached hydrogens (tertiary/aromatic N) is 1. The third-order valence-electron chi connectivity index (χ3n) is 4.89. The van der Waals surface area contributed by atoms with Gasteiger partial charge in [0.15, 0.2) is 5.11 Å². The van der Waals surface area contributed by atoms with E-state index in [-0.39, 0.29) is 0 Å². The number of hydrazone groups is 1. The number of ether oxygens (including phenoxy) is 2. The molecule has 2 aromatic rings. The van der Waals surface area contributed by atoms with Crippen molar-refractivity contribution < 1.29 is 14.3 Å². The standard InChI is InChI=1S/C23H26BrN3O3S/c1-2-29-20-11-8-16(9-12-20)22(28)30-21-13-10-18(24)14-17(21)15-25-27-23(31)26-19-6-4-3-5-7-19/h8-15,19H,2-7H2,1H3,(H2,26,27,31)/b25-15+. The minimum atomic E-state index is -0.456. The van der Waals surface area contributed by atoms with E-state index >= 15 is 0 Å². The maximum Gasteiger partial charge on any atom is 0.343 e. The number of benzene rings is 2. The SMILES string of the molecule is CCOc1ccc(C(=O)Oc2ccc(Br)cc2/C=N/NC(=S)NC2CCCCC2)cc1. The number of halogens is 1. The summed E-state index contributed by atoms with van der Waals surface area (Å²) in [5, 5.41) is 8.01. The van der Waals surface area contributed by atoms with Gasteiger partial charge in [0, 0.05) is 16.1 Å². The van der Waals surface area contributed by atoms with E-state index in [9.17, 15) is 4.79 Å². The molecular weight excluding hydrogens is 478 g/mol. The van der Waals surface area contributed by atoms with Crippen LogP contribution in [0.15, 0.2) is 52.0 Å². The van der Waals surface area contributed by atoms with Crippen LogP contribution in [0.3, 0.4) is 0 Å². The van der Waals surface area contributed by atoms with Gasteiger partial charge in [0.2, 0.25) is 0 Å². The van der Waals surface area contributed by atoms with Crippen LogP contribution < -0.4 is 20.2 Å². The Labute approximate surface area is 196 Å². The Hall–Kier alpha value is -2.45. The maximum atomic E-state index is 12.6. The number of rotatable bonds is 7. The van der Waals surface area contributed by atoms with Crippen molar-refractivity contribution in [2.75, 3.05) is 6.61 Å². The number of thiocarbonyl (C=S) groups is 1. The van der Waals surface area contributed by atoms with Crippen molar-refractivity contribution in [3.8, 4) is 11.5 Å². The van der Waals surface area contributed by atoms with Crippen LogP contribution in [0.5, 0.6) is 11.5 Å². The lowest BCUT2D eigenvalue weighted by Crippen LogP contribution is -2.40. The molecule has 1 aliphatic carbocycles. The van der Waals surface area contributed by atoms with Crippen molar-refractivity contribution in [2.24, 2.45) is 5.10 Å². The van der Waals surface area contributed by atoms with Crippen molar-refractivity contribution in [3.05, 3.63) is 58.1 Å². The van der Waals surface area contributed by atoms with Crippen LogP contribution in [0.2, 0.25) is 0 Å². The number of carbonyl (C=O) groups excluding carboxylic acids is 1. The van der Waals surface area contributed by atoms with E-state index in [0.717, 1.165) is 17.3 Å². The number of esters is 1. The van der Waals surface area contributed by atoms with E-state index in [1.807, 2.05) is 13.0 Å². The van der Waals surface area contributed by atoms with E-state index in [1.165, 1.54) is 19.3 Å². The van der Waals surface area contributed by atoms with Gasteiger partial charge >= 0.3 is 5.97 Å². The zero-order valence-electron chi connectivity index (χ0n) is 17.4. The summed E-state index contributed by atoms with van der Waals surface area (Å²) in [6, 6.07) is 12.6. The highest BCUT2D eigenvalue weighted by Gasteiger charge is 2.14. The number of nitrogens with one attached hydrogen (secondary N) is 2. The van der Waals surface area contributed by atoms with E-state index < -0.39 is 5.97 Å². The summed E-state index contributed by atoms with van der Waals surface area (Å²) in [6.07, 6.45) is 7.58. The van der Waals surface area contributed by atoms with Crippen molar-refractivity contribution in [1.82, 2.24) is 10.7 Å². The highest BCUT2D eigenvalue weighted by Crippen LogP contribution is 2.23. The molecule has 2 aromatic carbocycles. The van der Waals surface area contributed by atoms with Gasteiger partial charge in [-0.3, -0.25) is 5.43 Å². The second kappa shape index (κ2) is 11.8. The van der Waals surface area contributed by atoms with Gasteiger partial charge in [-0.15, -0.1) is 0 Å². The summed E-state index contributed by atoms with van der Waals surface area (Å²) < 4.78 is 11.8. The first-order chi connectivity index (χ1) is 15.0. The average molecular weight is 504 g/mol. The van der Waals surface area contributed by atoms with E-state index in [1.54, 1.807) is 42.6 Å². The second-order valence-electron chi connectivity index (χ2n) is 7.21. The molecule has 1 saturated carbocycles. The summed E-state index contributed by atoms with van der Waals surface area (Å²) in [5.74, 6) is 0.653. The molecule has 8 heteroatoms. The largest absolute Gasteiger partial charge is 0.494 e. The first-order valence-electron chi connectivity index (χ1n) is 10.4. The monoisotopic (exact) mass is 503 g/mol. The normalized spacial score (nSPS) is 14.3. The first-order valence-corrected chi connectivity index (χ1v) is 11.6. The molecule has 31 heavy (non-hydrogen) atoms. The fourth-order valence-electron chi connectivity index (χ4n) is 3.35. The first kappa shape index (κ1) is 23.2. The Morgan fingerprint density at radius 1 is 1.19 bits per heavy atom. The lowest BCUT2D eigenvalue weighted by atomic mass is 9.96. The maximum absolute atomic E-state index is 12.6. The van der Waals surface area contributed by atoms with E-state index in [4.69, 9.17) is 21.7 Å². The Morgan fingerprint density at radius 3 is 2.65 bits per heavy atom. The zero-order chi connectivity index (χ0) is 22.1. The van der Waals surface area contributed by atoms with Crippen molar-refractivity contribution in [3.63, 3.8) is 0 Å². The summed E-state index contributed by atoms with van der Waals surface area (Å²) in [4.78, 5) is 12.6. The third kappa shape index (κ3) is 7.33. The molecular formula is C23H26BrN3O3S. The van der Waals surface area contributed by atoms with Gasteiger partial charge in [0.1, 0.15) is 11.5 Å². The molecule has 0 amide bonds. The summed E-state index contributed by atoms with van der Waals surface area (Å²) in [6.45, 7) is 2.48. The third-order valence-corrected chi connectivity index (χ3v) is 5.59. The Bertz CT molecular complexity index is 928. The van der Waals surface area contributed by atoms with Crippen molar-refractivity contribution >= 4 is 45.4 Å². The molecule has 0 unspecified atom stereocenters. The Kier molecular flexibility index (Phi) is 8.85. The van der Waals surface area contributed by atoms with Crippen LogP contribution in [0.25, 0.3) is 0 Å². The molecule has 2 N–H and O–H groups in total. The summed E-state index contributed by atoms with van der Waals surface area (Å²) in [5.41, 5.74) is 3.92. The molecule has 6 nitrogen and oxygen atoms in total. The quantitative estimate of drug-likeness (QED) is 0.178. The molecule has 0 radical (unpaired) electrons. The Balaban J connectivity index is 1.62. The molecule has 3 rings (SSSR count). The summed E-state index contributed by atoms with van der Waals surface area (Å²) >= 11 is 8.77. The smallest absolute Gasteiger partial charge is 0.343 e. The second-order valence-corrected chi connectivity index (χ2v) is 8.53. The van der Waals surface area contributed by atoms with Gasteiger partial charge in [-0.2, -0.15) is 5.10 Å². The molecule has 0 spiro atoms. The summed E-state index contributed by atoms with van der Waals surface area (Å²) in [7, 11) is 0. The van der Waals surface area contributed by atoms with Crippen molar-refractivity contribution in [2.45, 2.75) is 45.1 Å². The van der Waals surface area contributed by atoms with Gasteiger partial charge in [-0.25, -0.2) is 4.79 Å². The van der Waals surface area contributed by atoms with E-state index in [2.05, 4.69) is 31.8 Å². The minimum Gasteiger partial charge on any atom is -0.494 e. The van der Waals surface area contributed by atoms with Gasteiger partial charge in [0.05, 0.1) is 18.4 Å². The molecule has 0 heterocycles. The van der Waals surface area contributed by atoms with E-state index in [0.29, 0.717) is 40.4 Å². The van der Waals surface area contributed by atoms with Crippen molar-refractivity contribution in [1.29, 1.82) is 0 Å². The lowest BCUT2D eigenvalue weighted by Gasteiger charge is -2.23. The molecule has 0 saturated heterocycles. The van der Waals surface area contributed by atoms with Gasteiger partial charge in [0.25, 0.3) is 0 Å².